The van der Waals surface area contributed by atoms with Crippen molar-refractivity contribution in [3.8, 4) is 17.1 Å². The van der Waals surface area contributed by atoms with E-state index in [1.54, 1.807) is 12.1 Å². The summed E-state index contributed by atoms with van der Waals surface area (Å²) in [5, 5.41) is 2.70. The van der Waals surface area contributed by atoms with Gasteiger partial charge in [0.15, 0.2) is 0 Å². The number of alkyl carbamates (subject to hydrolysis) is 1. The minimum absolute atomic E-state index is 0.423. The molecule has 0 aliphatic carbocycles. The average Bonchev–Trinajstić information content (AvgIpc) is 3.10. The van der Waals surface area contributed by atoms with Gasteiger partial charge >= 0.3 is 6.09 Å². The normalized spacial score (nSPS) is 11.3. The smallest absolute Gasteiger partial charge is 0.407 e. The molecule has 0 atom stereocenters. The molecular weight excluding hydrogens is 370 g/mol. The van der Waals surface area contributed by atoms with Crippen molar-refractivity contribution in [2.24, 2.45) is 0 Å². The molecule has 1 heterocycles. The van der Waals surface area contributed by atoms with Crippen LogP contribution in [0.25, 0.3) is 22.4 Å². The second kappa shape index (κ2) is 8.77. The van der Waals surface area contributed by atoms with E-state index < -0.39 is 11.7 Å². The molecule has 2 aromatic carbocycles. The van der Waals surface area contributed by atoms with Crippen LogP contribution in [0.4, 0.5) is 4.79 Å². The van der Waals surface area contributed by atoms with Crippen LogP contribution in [0.15, 0.2) is 42.5 Å². The topological polar surface area (TPSA) is 93.3 Å². The number of aromatic amines is 1. The van der Waals surface area contributed by atoms with Crippen molar-refractivity contribution in [2.45, 2.75) is 32.8 Å². The molecule has 0 fully saturated rings. The highest BCUT2D eigenvalue weighted by atomic mass is 16.6. The third-order valence-electron chi connectivity index (χ3n) is 4.03. The third-order valence-corrected chi connectivity index (χ3v) is 4.03. The Balaban J connectivity index is 1.49. The minimum atomic E-state index is -0.501. The molecule has 152 valence electrons. The molecule has 2 N–H and O–H groups in total. The van der Waals surface area contributed by atoms with Crippen LogP contribution in [-0.4, -0.2) is 41.1 Å². The Morgan fingerprint density at radius 1 is 1.17 bits per heavy atom. The molecule has 3 rings (SSSR count). The summed E-state index contributed by atoms with van der Waals surface area (Å²) in [5.74, 6) is 1.47. The maximum Gasteiger partial charge on any atom is 0.407 e. The molecule has 1 aromatic heterocycles. The van der Waals surface area contributed by atoms with E-state index in [2.05, 4.69) is 15.3 Å². The van der Waals surface area contributed by atoms with Gasteiger partial charge in [0.25, 0.3) is 0 Å². The number of carbonyl (C=O) groups excluding carboxylic acids is 2. The van der Waals surface area contributed by atoms with Crippen LogP contribution in [0.2, 0.25) is 0 Å². The zero-order valence-electron chi connectivity index (χ0n) is 16.8. The standard InChI is InChI=1S/C22H25N3O4/c1-22(2,3)29-21(27)23-11-4-12-28-17-8-6-16(7-9-17)20-24-18-10-5-15(14-26)13-19(18)25-20/h5-10,13-14H,4,11-12H2,1-3H3,(H,23,27)(H,24,25). The van der Waals surface area contributed by atoms with E-state index in [-0.39, 0.29) is 0 Å². The molecular formula is C22H25N3O4. The monoisotopic (exact) mass is 395 g/mol. The van der Waals surface area contributed by atoms with Gasteiger partial charge in [-0.15, -0.1) is 0 Å². The van der Waals surface area contributed by atoms with Crippen LogP contribution < -0.4 is 10.1 Å². The maximum atomic E-state index is 11.6. The van der Waals surface area contributed by atoms with Gasteiger partial charge in [-0.1, -0.05) is 0 Å². The number of hydrogen-bond acceptors (Lipinski definition) is 5. The molecule has 0 saturated carbocycles. The summed E-state index contributed by atoms with van der Waals surface area (Å²) in [6, 6.07) is 12.9. The predicted molar refractivity (Wildman–Crippen MR) is 111 cm³/mol. The van der Waals surface area contributed by atoms with E-state index >= 15 is 0 Å². The fourth-order valence-corrected chi connectivity index (χ4v) is 2.71. The first-order valence-corrected chi connectivity index (χ1v) is 9.49. The summed E-state index contributed by atoms with van der Waals surface area (Å²) in [5.41, 5.74) is 2.66. The number of fused-ring (bicyclic) bond motifs is 1. The lowest BCUT2D eigenvalue weighted by molar-refractivity contribution is 0.0525. The van der Waals surface area contributed by atoms with Gasteiger partial charge in [0.2, 0.25) is 0 Å². The molecule has 0 spiro atoms. The first kappa shape index (κ1) is 20.4. The summed E-state index contributed by atoms with van der Waals surface area (Å²) >= 11 is 0. The van der Waals surface area contributed by atoms with Crippen LogP contribution in [0.5, 0.6) is 5.75 Å². The number of nitrogens with one attached hydrogen (secondary N) is 2. The number of ether oxygens (including phenoxy) is 2. The summed E-state index contributed by atoms with van der Waals surface area (Å²) in [6.07, 6.45) is 1.06. The van der Waals surface area contributed by atoms with Crippen molar-refractivity contribution >= 4 is 23.4 Å². The first-order chi connectivity index (χ1) is 13.8. The van der Waals surface area contributed by atoms with E-state index in [1.807, 2.05) is 51.1 Å². The number of aldehydes is 1. The van der Waals surface area contributed by atoms with Crippen molar-refractivity contribution in [3.05, 3.63) is 48.0 Å². The van der Waals surface area contributed by atoms with Gasteiger partial charge in [-0.2, -0.15) is 0 Å². The second-order valence-electron chi connectivity index (χ2n) is 7.63. The predicted octanol–water partition coefficient (Wildman–Crippen LogP) is 4.34. The summed E-state index contributed by atoms with van der Waals surface area (Å²) in [7, 11) is 0. The molecule has 0 unspecified atom stereocenters. The fourth-order valence-electron chi connectivity index (χ4n) is 2.71. The number of hydrogen-bond donors (Lipinski definition) is 2. The Labute approximate surface area is 169 Å². The van der Waals surface area contributed by atoms with Gasteiger partial charge in [0.1, 0.15) is 23.5 Å². The van der Waals surface area contributed by atoms with E-state index in [9.17, 15) is 9.59 Å². The zero-order valence-corrected chi connectivity index (χ0v) is 16.8. The van der Waals surface area contributed by atoms with Crippen LogP contribution >= 0.6 is 0 Å². The van der Waals surface area contributed by atoms with Gasteiger partial charge in [0, 0.05) is 17.7 Å². The fraction of sp³-hybridized carbons (Fsp3) is 0.318. The summed E-state index contributed by atoms with van der Waals surface area (Å²) in [4.78, 5) is 30.3. The van der Waals surface area contributed by atoms with E-state index in [0.29, 0.717) is 25.1 Å². The number of rotatable bonds is 7. The molecule has 0 saturated heterocycles. The molecule has 1 amide bonds. The van der Waals surface area contributed by atoms with Crippen LogP contribution in [0.3, 0.4) is 0 Å². The number of amides is 1. The third kappa shape index (κ3) is 5.81. The Bertz CT molecular complexity index is 987. The quantitative estimate of drug-likeness (QED) is 0.459. The molecule has 7 nitrogen and oxygen atoms in total. The number of nitrogens with zero attached hydrogens (tertiary/aromatic N) is 1. The molecule has 29 heavy (non-hydrogen) atoms. The van der Waals surface area contributed by atoms with Crippen molar-refractivity contribution < 1.29 is 19.1 Å². The highest BCUT2D eigenvalue weighted by Crippen LogP contribution is 2.23. The Hall–Kier alpha value is -3.35. The maximum absolute atomic E-state index is 11.6. The number of H-pyrrole nitrogens is 1. The van der Waals surface area contributed by atoms with Crippen molar-refractivity contribution in [1.29, 1.82) is 0 Å². The van der Waals surface area contributed by atoms with Crippen LogP contribution in [0.1, 0.15) is 37.6 Å². The number of aromatic nitrogens is 2. The second-order valence-corrected chi connectivity index (χ2v) is 7.63. The molecule has 0 aliphatic rings. The van der Waals surface area contributed by atoms with Crippen molar-refractivity contribution in [3.63, 3.8) is 0 Å². The molecule has 0 radical (unpaired) electrons. The highest BCUT2D eigenvalue weighted by Gasteiger charge is 2.15. The number of benzene rings is 2. The molecule has 0 aliphatic heterocycles. The van der Waals surface area contributed by atoms with E-state index in [1.165, 1.54) is 0 Å². The zero-order chi connectivity index (χ0) is 20.9. The lowest BCUT2D eigenvalue weighted by Crippen LogP contribution is -2.33. The molecule has 7 heteroatoms. The van der Waals surface area contributed by atoms with Gasteiger partial charge in [0.05, 0.1) is 17.6 Å². The minimum Gasteiger partial charge on any atom is -0.494 e. The SMILES string of the molecule is CC(C)(C)OC(=O)NCCCOc1ccc(-c2nc3ccc(C=O)cc3[nH]2)cc1. The van der Waals surface area contributed by atoms with Crippen molar-refractivity contribution in [1.82, 2.24) is 15.3 Å². The average molecular weight is 395 g/mol. The van der Waals surface area contributed by atoms with E-state index in [4.69, 9.17) is 9.47 Å². The van der Waals surface area contributed by atoms with Gasteiger partial charge < -0.3 is 19.8 Å². The number of imidazole rings is 1. The summed E-state index contributed by atoms with van der Waals surface area (Å²) in [6.45, 7) is 6.44. The van der Waals surface area contributed by atoms with Gasteiger partial charge in [-0.25, -0.2) is 9.78 Å². The Morgan fingerprint density at radius 3 is 2.62 bits per heavy atom. The van der Waals surface area contributed by atoms with Crippen LogP contribution in [-0.2, 0) is 4.74 Å². The van der Waals surface area contributed by atoms with Crippen LogP contribution in [0, 0.1) is 0 Å². The van der Waals surface area contributed by atoms with Gasteiger partial charge in [-0.05, 0) is 69.7 Å². The first-order valence-electron chi connectivity index (χ1n) is 9.49. The molecule has 3 aromatic rings. The van der Waals surface area contributed by atoms with Gasteiger partial charge in [-0.3, -0.25) is 4.79 Å². The highest BCUT2D eigenvalue weighted by molar-refractivity contribution is 5.86. The largest absolute Gasteiger partial charge is 0.494 e. The lowest BCUT2D eigenvalue weighted by atomic mass is 10.2. The molecule has 0 bridgehead atoms. The lowest BCUT2D eigenvalue weighted by Gasteiger charge is -2.19. The Kier molecular flexibility index (Phi) is 6.16. The summed E-state index contributed by atoms with van der Waals surface area (Å²) < 4.78 is 10.9. The van der Waals surface area contributed by atoms with E-state index in [0.717, 1.165) is 34.5 Å². The van der Waals surface area contributed by atoms with Crippen molar-refractivity contribution in [2.75, 3.05) is 13.2 Å². The number of carbonyl (C=O) groups is 2. The Morgan fingerprint density at radius 2 is 1.93 bits per heavy atom.